The number of likely N-dealkylation sites (tertiary alicyclic amines) is 1. The van der Waals surface area contributed by atoms with E-state index in [9.17, 15) is 9.59 Å². The highest BCUT2D eigenvalue weighted by Crippen LogP contribution is 2.20. The van der Waals surface area contributed by atoms with Crippen molar-refractivity contribution in [2.24, 2.45) is 0 Å². The van der Waals surface area contributed by atoms with Gasteiger partial charge in [0.15, 0.2) is 0 Å². The largest absolute Gasteiger partial charge is 0.329 e. The molecule has 1 amide bonds. The van der Waals surface area contributed by atoms with E-state index in [2.05, 4.69) is 0 Å². The lowest BCUT2D eigenvalue weighted by molar-refractivity contribution is -0.111. The molecule has 1 heterocycles. The predicted octanol–water partition coefficient (Wildman–Crippen LogP) is 2.14. The topological polar surface area (TPSA) is 37.4 Å². The van der Waals surface area contributed by atoms with Gasteiger partial charge in [0.2, 0.25) is 0 Å². The van der Waals surface area contributed by atoms with E-state index in [1.54, 1.807) is 29.2 Å². The van der Waals surface area contributed by atoms with Gasteiger partial charge in [-0.1, -0.05) is 17.7 Å². The van der Waals surface area contributed by atoms with Gasteiger partial charge in [0.25, 0.3) is 5.91 Å². The van der Waals surface area contributed by atoms with Crippen LogP contribution in [-0.4, -0.2) is 29.7 Å². The molecule has 0 aromatic heterocycles. The van der Waals surface area contributed by atoms with Crippen LogP contribution in [0, 0.1) is 0 Å². The first kappa shape index (κ1) is 11.1. The second kappa shape index (κ2) is 4.66. The Morgan fingerprint density at radius 1 is 1.50 bits per heavy atom. The molecule has 0 bridgehead atoms. The molecule has 16 heavy (non-hydrogen) atoms. The van der Waals surface area contributed by atoms with Gasteiger partial charge >= 0.3 is 0 Å². The van der Waals surface area contributed by atoms with Crippen LogP contribution in [0.5, 0.6) is 0 Å². The highest BCUT2D eigenvalue weighted by molar-refractivity contribution is 6.30. The van der Waals surface area contributed by atoms with Crippen LogP contribution in [-0.2, 0) is 4.79 Å². The summed E-state index contributed by atoms with van der Waals surface area (Å²) < 4.78 is 0. The van der Waals surface area contributed by atoms with E-state index in [4.69, 9.17) is 11.6 Å². The minimum atomic E-state index is -0.272. The number of hydrogen-bond acceptors (Lipinski definition) is 2. The van der Waals surface area contributed by atoms with Crippen LogP contribution in [0.2, 0.25) is 5.02 Å². The van der Waals surface area contributed by atoms with Crippen LogP contribution in [0.1, 0.15) is 23.2 Å². The molecule has 1 saturated heterocycles. The zero-order chi connectivity index (χ0) is 11.5. The number of benzene rings is 1. The zero-order valence-corrected chi connectivity index (χ0v) is 9.48. The number of halogens is 1. The van der Waals surface area contributed by atoms with Gasteiger partial charge in [-0.15, -0.1) is 0 Å². The average molecular weight is 238 g/mol. The van der Waals surface area contributed by atoms with Crippen LogP contribution < -0.4 is 0 Å². The summed E-state index contributed by atoms with van der Waals surface area (Å²) in [6.45, 7) is 0.648. The van der Waals surface area contributed by atoms with E-state index in [-0.39, 0.29) is 11.9 Å². The zero-order valence-electron chi connectivity index (χ0n) is 8.73. The summed E-state index contributed by atoms with van der Waals surface area (Å²) in [6, 6.07) is 6.53. The Morgan fingerprint density at radius 2 is 2.31 bits per heavy atom. The molecule has 1 aromatic carbocycles. The Kier molecular flexibility index (Phi) is 3.25. The summed E-state index contributed by atoms with van der Waals surface area (Å²) in [5, 5.41) is 0.535. The Morgan fingerprint density at radius 3 is 3.00 bits per heavy atom. The van der Waals surface area contributed by atoms with Gasteiger partial charge in [-0.3, -0.25) is 4.79 Å². The van der Waals surface area contributed by atoms with E-state index in [0.717, 1.165) is 19.1 Å². The molecule has 0 radical (unpaired) electrons. The van der Waals surface area contributed by atoms with E-state index in [1.165, 1.54) is 0 Å². The molecule has 1 aliphatic rings. The third-order valence-electron chi connectivity index (χ3n) is 2.79. The third kappa shape index (κ3) is 2.09. The molecule has 0 saturated carbocycles. The van der Waals surface area contributed by atoms with Gasteiger partial charge < -0.3 is 9.69 Å². The quantitative estimate of drug-likeness (QED) is 0.739. The molecule has 1 fully saturated rings. The number of rotatable bonds is 2. The van der Waals surface area contributed by atoms with Gasteiger partial charge in [0.05, 0.1) is 6.04 Å². The molecule has 2 rings (SSSR count). The Bertz CT molecular complexity index is 419. The highest BCUT2D eigenvalue weighted by atomic mass is 35.5. The van der Waals surface area contributed by atoms with Crippen LogP contribution >= 0.6 is 11.6 Å². The molecule has 1 aromatic rings. The van der Waals surface area contributed by atoms with E-state index in [1.807, 2.05) is 0 Å². The maximum absolute atomic E-state index is 12.1. The molecular formula is C12H12ClNO2. The van der Waals surface area contributed by atoms with E-state index < -0.39 is 0 Å². The fourth-order valence-electron chi connectivity index (χ4n) is 1.97. The molecule has 0 N–H and O–H groups in total. The molecule has 1 atom stereocenters. The van der Waals surface area contributed by atoms with Crippen molar-refractivity contribution in [3.63, 3.8) is 0 Å². The summed E-state index contributed by atoms with van der Waals surface area (Å²) in [6.07, 6.45) is 2.49. The van der Waals surface area contributed by atoms with Gasteiger partial charge in [-0.25, -0.2) is 0 Å². The van der Waals surface area contributed by atoms with Crippen molar-refractivity contribution in [3.05, 3.63) is 34.9 Å². The summed E-state index contributed by atoms with van der Waals surface area (Å²) in [7, 11) is 0. The lowest BCUT2D eigenvalue weighted by Gasteiger charge is -2.20. The van der Waals surface area contributed by atoms with Crippen molar-refractivity contribution in [2.75, 3.05) is 6.54 Å². The SMILES string of the molecule is O=CC1CCCN1C(=O)c1cccc(Cl)c1. The first-order valence-electron chi connectivity index (χ1n) is 5.24. The summed E-state index contributed by atoms with van der Waals surface area (Å²) in [4.78, 5) is 24.5. The fourth-order valence-corrected chi connectivity index (χ4v) is 2.16. The van der Waals surface area contributed by atoms with Crippen LogP contribution in [0.4, 0.5) is 0 Å². The lowest BCUT2D eigenvalue weighted by atomic mass is 10.2. The molecule has 0 aliphatic carbocycles. The molecule has 4 heteroatoms. The highest BCUT2D eigenvalue weighted by Gasteiger charge is 2.28. The number of amides is 1. The number of carbonyl (C=O) groups excluding carboxylic acids is 2. The number of aldehydes is 1. The smallest absolute Gasteiger partial charge is 0.254 e. The second-order valence-electron chi connectivity index (χ2n) is 3.85. The molecule has 3 nitrogen and oxygen atoms in total. The van der Waals surface area contributed by atoms with E-state index in [0.29, 0.717) is 17.1 Å². The maximum atomic E-state index is 12.1. The van der Waals surface area contributed by atoms with Crippen molar-refractivity contribution in [2.45, 2.75) is 18.9 Å². The molecular weight excluding hydrogens is 226 g/mol. The number of carbonyl (C=O) groups is 2. The first-order chi connectivity index (χ1) is 7.72. The average Bonchev–Trinajstić information content (AvgIpc) is 2.76. The number of hydrogen-bond donors (Lipinski definition) is 0. The summed E-state index contributed by atoms with van der Waals surface area (Å²) >= 11 is 5.83. The number of nitrogens with zero attached hydrogens (tertiary/aromatic N) is 1. The van der Waals surface area contributed by atoms with Gasteiger partial charge in [-0.05, 0) is 31.0 Å². The molecule has 84 valence electrons. The molecule has 0 spiro atoms. The first-order valence-corrected chi connectivity index (χ1v) is 5.62. The normalized spacial score (nSPS) is 19.8. The van der Waals surface area contributed by atoms with E-state index >= 15 is 0 Å². The van der Waals surface area contributed by atoms with Crippen LogP contribution in [0.3, 0.4) is 0 Å². The summed E-state index contributed by atoms with van der Waals surface area (Å²) in [5.74, 6) is -0.114. The minimum Gasteiger partial charge on any atom is -0.329 e. The van der Waals surface area contributed by atoms with Gasteiger partial charge in [0.1, 0.15) is 6.29 Å². The van der Waals surface area contributed by atoms with Crippen molar-refractivity contribution in [1.82, 2.24) is 4.90 Å². The van der Waals surface area contributed by atoms with Crippen LogP contribution in [0.15, 0.2) is 24.3 Å². The summed E-state index contributed by atoms with van der Waals surface area (Å²) in [5.41, 5.74) is 0.543. The molecule has 1 unspecified atom stereocenters. The van der Waals surface area contributed by atoms with Crippen molar-refractivity contribution < 1.29 is 9.59 Å². The monoisotopic (exact) mass is 237 g/mol. The Hall–Kier alpha value is -1.35. The van der Waals surface area contributed by atoms with Gasteiger partial charge in [-0.2, -0.15) is 0 Å². The van der Waals surface area contributed by atoms with Crippen molar-refractivity contribution in [1.29, 1.82) is 0 Å². The second-order valence-corrected chi connectivity index (χ2v) is 4.29. The molecule has 1 aliphatic heterocycles. The maximum Gasteiger partial charge on any atom is 0.254 e. The van der Waals surface area contributed by atoms with Crippen LogP contribution in [0.25, 0.3) is 0 Å². The van der Waals surface area contributed by atoms with Crippen molar-refractivity contribution in [3.8, 4) is 0 Å². The standard InChI is InChI=1S/C12H12ClNO2/c13-10-4-1-3-9(7-10)12(16)14-6-2-5-11(14)8-15/h1,3-4,7-8,11H,2,5-6H2. The third-order valence-corrected chi connectivity index (χ3v) is 3.02. The fraction of sp³-hybridized carbons (Fsp3) is 0.333. The van der Waals surface area contributed by atoms with Crippen molar-refractivity contribution >= 4 is 23.8 Å². The predicted molar refractivity (Wildman–Crippen MR) is 61.6 cm³/mol. The Balaban J connectivity index is 2.21. The van der Waals surface area contributed by atoms with Gasteiger partial charge in [0, 0.05) is 17.1 Å². The lowest BCUT2D eigenvalue weighted by Crippen LogP contribution is -2.36. The minimum absolute atomic E-state index is 0.114. The Labute approximate surface area is 99.0 Å².